The number of benzene rings is 2. The summed E-state index contributed by atoms with van der Waals surface area (Å²) in [6.07, 6.45) is -0.374. The molecular weight excluding hydrogens is 318 g/mol. The molecule has 1 aliphatic heterocycles. The summed E-state index contributed by atoms with van der Waals surface area (Å²) in [6, 6.07) is 14.5. The van der Waals surface area contributed by atoms with Crippen molar-refractivity contribution in [2.45, 2.75) is 25.5 Å². The molecule has 5 nitrogen and oxygen atoms in total. The number of nitrogens with zero attached hydrogens (tertiary/aromatic N) is 1. The molecular formula is C20H21NO4. The summed E-state index contributed by atoms with van der Waals surface area (Å²) >= 11 is 0. The van der Waals surface area contributed by atoms with Crippen LogP contribution in [0.15, 0.2) is 48.5 Å². The van der Waals surface area contributed by atoms with Gasteiger partial charge in [-0.25, -0.2) is 4.79 Å². The van der Waals surface area contributed by atoms with Gasteiger partial charge < -0.3 is 14.4 Å². The van der Waals surface area contributed by atoms with E-state index in [0.717, 1.165) is 16.9 Å². The minimum atomic E-state index is -0.784. The van der Waals surface area contributed by atoms with Crippen molar-refractivity contribution >= 4 is 11.9 Å². The molecule has 2 atom stereocenters. The van der Waals surface area contributed by atoms with Gasteiger partial charge in [0.15, 0.2) is 6.10 Å². The van der Waals surface area contributed by atoms with Gasteiger partial charge in [0, 0.05) is 19.0 Å². The van der Waals surface area contributed by atoms with Crippen LogP contribution in [0.2, 0.25) is 0 Å². The zero-order valence-electron chi connectivity index (χ0n) is 14.6. The molecule has 0 N–H and O–H groups in total. The summed E-state index contributed by atoms with van der Waals surface area (Å²) in [5.74, 6) is 0.0430. The van der Waals surface area contributed by atoms with Crippen LogP contribution in [0.5, 0.6) is 5.75 Å². The van der Waals surface area contributed by atoms with Crippen LogP contribution < -0.4 is 4.74 Å². The molecule has 1 saturated heterocycles. The molecule has 5 heteroatoms. The molecule has 0 bridgehead atoms. The molecule has 25 heavy (non-hydrogen) atoms. The first-order valence-corrected chi connectivity index (χ1v) is 8.18. The monoisotopic (exact) mass is 339 g/mol. The molecule has 2 aromatic carbocycles. The first-order valence-electron chi connectivity index (χ1n) is 8.18. The van der Waals surface area contributed by atoms with E-state index in [9.17, 15) is 9.59 Å². The van der Waals surface area contributed by atoms with Crippen molar-refractivity contribution in [2.75, 3.05) is 14.2 Å². The van der Waals surface area contributed by atoms with E-state index in [2.05, 4.69) is 0 Å². The number of likely N-dealkylation sites (tertiary alicyclic amines) is 1. The third-order valence-electron chi connectivity index (χ3n) is 4.56. The van der Waals surface area contributed by atoms with Gasteiger partial charge in [0.2, 0.25) is 0 Å². The molecule has 0 radical (unpaired) electrons. The second-order valence-electron chi connectivity index (χ2n) is 6.20. The Balaban J connectivity index is 1.77. The largest absolute Gasteiger partial charge is 0.496 e. The SMILES string of the molecule is COc1ccccc1[C@@H]1C[C@H](OC(=O)c2ccc(C)cc2)C(=O)N1C. The standard InChI is InChI=1S/C20H21NO4/c1-13-8-10-14(11-9-13)20(23)25-18-12-16(21(2)19(18)22)15-6-4-5-7-17(15)24-3/h4-11,16,18H,12H2,1-3H3/t16-,18-/m0/s1. The van der Waals surface area contributed by atoms with Crippen LogP contribution in [0, 0.1) is 6.92 Å². The van der Waals surface area contributed by atoms with Gasteiger partial charge in [-0.3, -0.25) is 4.79 Å². The van der Waals surface area contributed by atoms with Crippen molar-refractivity contribution in [3.05, 3.63) is 65.2 Å². The van der Waals surface area contributed by atoms with E-state index in [1.54, 1.807) is 31.2 Å². The fraction of sp³-hybridized carbons (Fsp3) is 0.300. The van der Waals surface area contributed by atoms with E-state index < -0.39 is 12.1 Å². The highest BCUT2D eigenvalue weighted by Gasteiger charge is 2.41. The minimum Gasteiger partial charge on any atom is -0.496 e. The zero-order valence-corrected chi connectivity index (χ0v) is 14.6. The van der Waals surface area contributed by atoms with Crippen LogP contribution in [0.1, 0.15) is 33.9 Å². The Morgan fingerprint density at radius 2 is 1.80 bits per heavy atom. The lowest BCUT2D eigenvalue weighted by Crippen LogP contribution is -2.30. The van der Waals surface area contributed by atoms with Crippen molar-refractivity contribution in [3.8, 4) is 5.75 Å². The Morgan fingerprint density at radius 3 is 2.48 bits per heavy atom. The quantitative estimate of drug-likeness (QED) is 0.803. The van der Waals surface area contributed by atoms with Crippen molar-refractivity contribution in [1.82, 2.24) is 4.90 Å². The predicted octanol–water partition coefficient (Wildman–Crippen LogP) is 3.13. The van der Waals surface area contributed by atoms with Crippen molar-refractivity contribution in [2.24, 2.45) is 0 Å². The van der Waals surface area contributed by atoms with Gasteiger partial charge in [-0.05, 0) is 25.1 Å². The van der Waals surface area contributed by atoms with Gasteiger partial charge in [0.1, 0.15) is 5.75 Å². The fourth-order valence-corrected chi connectivity index (χ4v) is 3.11. The second-order valence-corrected chi connectivity index (χ2v) is 6.20. The maximum atomic E-state index is 12.5. The van der Waals surface area contributed by atoms with Crippen LogP contribution >= 0.6 is 0 Å². The lowest BCUT2D eigenvalue weighted by atomic mass is 10.0. The Labute approximate surface area is 147 Å². The molecule has 0 spiro atoms. The Hall–Kier alpha value is -2.82. The number of methoxy groups -OCH3 is 1. The van der Waals surface area contributed by atoms with Crippen LogP contribution in [-0.4, -0.2) is 37.0 Å². The van der Waals surface area contributed by atoms with E-state index >= 15 is 0 Å². The maximum absolute atomic E-state index is 12.5. The molecule has 2 aromatic rings. The van der Waals surface area contributed by atoms with E-state index in [1.165, 1.54) is 0 Å². The second kappa shape index (κ2) is 6.97. The van der Waals surface area contributed by atoms with Gasteiger partial charge in [-0.1, -0.05) is 35.9 Å². The number of aryl methyl sites for hydroxylation is 1. The number of para-hydroxylation sites is 1. The Morgan fingerprint density at radius 1 is 1.12 bits per heavy atom. The van der Waals surface area contributed by atoms with Crippen LogP contribution in [0.4, 0.5) is 0 Å². The molecule has 0 aromatic heterocycles. The molecule has 130 valence electrons. The highest BCUT2D eigenvalue weighted by molar-refractivity contribution is 5.93. The molecule has 1 amide bonds. The number of hydrogen-bond acceptors (Lipinski definition) is 4. The predicted molar refractivity (Wildman–Crippen MR) is 93.5 cm³/mol. The molecule has 1 heterocycles. The van der Waals surface area contributed by atoms with Crippen molar-refractivity contribution < 1.29 is 19.1 Å². The number of ether oxygens (including phenoxy) is 2. The zero-order chi connectivity index (χ0) is 18.0. The summed E-state index contributed by atoms with van der Waals surface area (Å²) in [6.45, 7) is 1.95. The number of likely N-dealkylation sites (N-methyl/N-ethyl adjacent to an activating group) is 1. The summed E-state index contributed by atoms with van der Waals surface area (Å²) in [5, 5.41) is 0. The molecule has 0 aliphatic carbocycles. The summed E-state index contributed by atoms with van der Waals surface area (Å²) in [7, 11) is 3.32. The Bertz CT molecular complexity index is 785. The van der Waals surface area contributed by atoms with E-state index in [1.807, 2.05) is 43.3 Å². The number of hydrogen-bond donors (Lipinski definition) is 0. The summed E-state index contributed by atoms with van der Waals surface area (Å²) in [4.78, 5) is 26.4. The third kappa shape index (κ3) is 3.36. The van der Waals surface area contributed by atoms with Gasteiger partial charge in [0.05, 0.1) is 18.7 Å². The van der Waals surface area contributed by atoms with Crippen LogP contribution in [-0.2, 0) is 9.53 Å². The molecule has 0 saturated carbocycles. The third-order valence-corrected chi connectivity index (χ3v) is 4.56. The fourth-order valence-electron chi connectivity index (χ4n) is 3.11. The average Bonchev–Trinajstić information content (AvgIpc) is 2.90. The minimum absolute atomic E-state index is 0.181. The highest BCUT2D eigenvalue weighted by atomic mass is 16.5. The van der Waals surface area contributed by atoms with Gasteiger partial charge >= 0.3 is 5.97 Å². The number of esters is 1. The lowest BCUT2D eigenvalue weighted by molar-refractivity contribution is -0.134. The average molecular weight is 339 g/mol. The van der Waals surface area contributed by atoms with E-state index in [0.29, 0.717) is 12.0 Å². The Kier molecular flexibility index (Phi) is 4.74. The van der Waals surface area contributed by atoms with Gasteiger partial charge in [0.25, 0.3) is 5.91 Å². The highest BCUT2D eigenvalue weighted by Crippen LogP contribution is 2.37. The number of rotatable bonds is 4. The van der Waals surface area contributed by atoms with Crippen LogP contribution in [0.25, 0.3) is 0 Å². The summed E-state index contributed by atoms with van der Waals surface area (Å²) < 4.78 is 10.9. The lowest BCUT2D eigenvalue weighted by Gasteiger charge is -2.21. The molecule has 1 fully saturated rings. The van der Waals surface area contributed by atoms with Gasteiger partial charge in [-0.15, -0.1) is 0 Å². The first-order chi connectivity index (χ1) is 12.0. The van der Waals surface area contributed by atoms with E-state index in [4.69, 9.17) is 9.47 Å². The van der Waals surface area contributed by atoms with Crippen molar-refractivity contribution in [1.29, 1.82) is 0 Å². The van der Waals surface area contributed by atoms with E-state index in [-0.39, 0.29) is 11.9 Å². The maximum Gasteiger partial charge on any atom is 0.338 e. The smallest absolute Gasteiger partial charge is 0.338 e. The molecule has 1 aliphatic rings. The first kappa shape index (κ1) is 17.0. The molecule has 3 rings (SSSR count). The topological polar surface area (TPSA) is 55.8 Å². The molecule has 0 unspecified atom stereocenters. The van der Waals surface area contributed by atoms with Crippen LogP contribution in [0.3, 0.4) is 0 Å². The summed E-state index contributed by atoms with van der Waals surface area (Å²) in [5.41, 5.74) is 2.42. The normalized spacial score (nSPS) is 19.8. The number of amides is 1. The number of carbonyl (C=O) groups is 2. The van der Waals surface area contributed by atoms with Crippen molar-refractivity contribution in [3.63, 3.8) is 0 Å². The van der Waals surface area contributed by atoms with Gasteiger partial charge in [-0.2, -0.15) is 0 Å². The number of carbonyl (C=O) groups excluding carboxylic acids is 2.